The smallest absolute Gasteiger partial charge is 0.174 e. The zero-order chi connectivity index (χ0) is 21.6. The van der Waals surface area contributed by atoms with E-state index in [0.717, 1.165) is 12.1 Å². The van der Waals surface area contributed by atoms with Crippen molar-refractivity contribution in [1.29, 1.82) is 5.26 Å². The van der Waals surface area contributed by atoms with Gasteiger partial charge in [-0.3, -0.25) is 9.38 Å². The molecule has 0 radical (unpaired) electrons. The molecule has 3 heterocycles. The maximum absolute atomic E-state index is 15.4. The zero-order valence-corrected chi connectivity index (χ0v) is 16.0. The van der Waals surface area contributed by atoms with Crippen molar-refractivity contribution < 1.29 is 18.3 Å². The van der Waals surface area contributed by atoms with Gasteiger partial charge < -0.3 is 5.11 Å². The van der Waals surface area contributed by atoms with Crippen LogP contribution in [0.2, 0.25) is 0 Å². The lowest BCUT2D eigenvalue weighted by atomic mass is 9.99. The topological polar surface area (TPSA) is 74.2 Å². The molecule has 0 saturated heterocycles. The number of aliphatic hydroxyl groups is 1. The number of aromatic nitrogens is 3. The molecule has 1 N–H and O–H groups in total. The second-order valence-electron chi connectivity index (χ2n) is 7.26. The van der Waals surface area contributed by atoms with Crippen molar-refractivity contribution in [1.82, 2.24) is 14.4 Å². The lowest BCUT2D eigenvalue weighted by Gasteiger charge is -2.18. The standard InChI is InChI=1S/C22H15F3N4O/c1-22(2,30)16-6-8-29-17(11-28-21(29)19(16)25)14-5-7-27-20(18(14)24)15-9-13(23)4-3-12(15)10-26/h3-9,11,30H,1-2H3. The SMILES string of the molecule is CC(C)(O)c1ccn2c(-c3ccnc(-c4cc(F)ccc4C#N)c3F)cnc2c1F. The third-order valence-electron chi connectivity index (χ3n) is 4.80. The Bertz CT molecular complexity index is 1330. The van der Waals surface area contributed by atoms with Gasteiger partial charge in [0.2, 0.25) is 0 Å². The molecule has 4 rings (SSSR count). The highest BCUT2D eigenvalue weighted by Crippen LogP contribution is 2.33. The number of hydrogen-bond acceptors (Lipinski definition) is 4. The lowest BCUT2D eigenvalue weighted by molar-refractivity contribution is 0.0746. The van der Waals surface area contributed by atoms with Crippen molar-refractivity contribution in [3.8, 4) is 28.6 Å². The number of benzene rings is 1. The molecule has 0 aliphatic carbocycles. The number of imidazole rings is 1. The molecule has 0 unspecified atom stereocenters. The molecule has 4 aromatic rings. The van der Waals surface area contributed by atoms with Crippen molar-refractivity contribution >= 4 is 5.65 Å². The number of fused-ring (bicyclic) bond motifs is 1. The quantitative estimate of drug-likeness (QED) is 0.539. The first kappa shape index (κ1) is 19.6. The summed E-state index contributed by atoms with van der Waals surface area (Å²) in [6.45, 7) is 2.90. The van der Waals surface area contributed by atoms with Crippen LogP contribution in [0, 0.1) is 28.8 Å². The van der Waals surface area contributed by atoms with E-state index in [9.17, 15) is 19.1 Å². The van der Waals surface area contributed by atoms with Crippen LogP contribution in [0.3, 0.4) is 0 Å². The van der Waals surface area contributed by atoms with E-state index in [-0.39, 0.29) is 39.3 Å². The van der Waals surface area contributed by atoms with E-state index in [1.54, 1.807) is 0 Å². The molecular weight excluding hydrogens is 393 g/mol. The summed E-state index contributed by atoms with van der Waals surface area (Å²) < 4.78 is 45.3. The molecule has 0 aliphatic heterocycles. The summed E-state index contributed by atoms with van der Waals surface area (Å²) in [5, 5.41) is 19.4. The van der Waals surface area contributed by atoms with Gasteiger partial charge in [-0.2, -0.15) is 5.26 Å². The summed E-state index contributed by atoms with van der Waals surface area (Å²) in [6, 6.07) is 8.07. The van der Waals surface area contributed by atoms with Gasteiger partial charge in [-0.15, -0.1) is 0 Å². The molecule has 0 spiro atoms. The molecule has 0 amide bonds. The maximum Gasteiger partial charge on any atom is 0.174 e. The molecule has 0 atom stereocenters. The van der Waals surface area contributed by atoms with Crippen LogP contribution < -0.4 is 0 Å². The summed E-state index contributed by atoms with van der Waals surface area (Å²) in [7, 11) is 0. The first-order valence-electron chi connectivity index (χ1n) is 8.95. The Hall–Kier alpha value is -3.70. The second-order valence-corrected chi connectivity index (χ2v) is 7.26. The first-order chi connectivity index (χ1) is 14.2. The molecule has 150 valence electrons. The van der Waals surface area contributed by atoms with Crippen molar-refractivity contribution in [2.24, 2.45) is 0 Å². The van der Waals surface area contributed by atoms with Gasteiger partial charge in [-0.1, -0.05) is 0 Å². The van der Waals surface area contributed by atoms with Gasteiger partial charge in [0.25, 0.3) is 0 Å². The van der Waals surface area contributed by atoms with Crippen molar-refractivity contribution in [2.75, 3.05) is 0 Å². The lowest BCUT2D eigenvalue weighted by Crippen LogP contribution is -2.18. The van der Waals surface area contributed by atoms with Crippen LogP contribution in [-0.4, -0.2) is 19.5 Å². The number of halogens is 3. The zero-order valence-electron chi connectivity index (χ0n) is 16.0. The number of nitriles is 1. The molecule has 3 aromatic heterocycles. The van der Waals surface area contributed by atoms with Crippen LogP contribution in [0.5, 0.6) is 0 Å². The molecule has 30 heavy (non-hydrogen) atoms. The monoisotopic (exact) mass is 408 g/mol. The summed E-state index contributed by atoms with van der Waals surface area (Å²) >= 11 is 0. The van der Waals surface area contributed by atoms with Crippen LogP contribution >= 0.6 is 0 Å². The molecule has 1 aromatic carbocycles. The summed E-state index contributed by atoms with van der Waals surface area (Å²) in [6.07, 6.45) is 4.10. The Morgan fingerprint density at radius 2 is 1.80 bits per heavy atom. The van der Waals surface area contributed by atoms with Crippen molar-refractivity contribution in [2.45, 2.75) is 19.4 Å². The number of rotatable bonds is 3. The van der Waals surface area contributed by atoms with E-state index in [1.165, 1.54) is 55.0 Å². The Morgan fingerprint density at radius 3 is 2.50 bits per heavy atom. The predicted octanol–water partition coefficient (Wildman–Crippen LogP) is 4.58. The van der Waals surface area contributed by atoms with E-state index in [1.807, 2.05) is 6.07 Å². The highest BCUT2D eigenvalue weighted by molar-refractivity contribution is 5.74. The summed E-state index contributed by atoms with van der Waals surface area (Å²) in [4.78, 5) is 8.02. The van der Waals surface area contributed by atoms with Crippen LogP contribution in [-0.2, 0) is 5.60 Å². The van der Waals surface area contributed by atoms with Crippen LogP contribution in [0.15, 0.2) is 48.9 Å². The number of hydrogen-bond donors (Lipinski definition) is 1. The fourth-order valence-electron chi connectivity index (χ4n) is 3.33. The molecular formula is C22H15F3N4O. The minimum absolute atomic E-state index is 0.0150. The molecule has 0 saturated carbocycles. The Kier molecular flexibility index (Phi) is 4.56. The van der Waals surface area contributed by atoms with Gasteiger partial charge in [0.1, 0.15) is 11.5 Å². The molecule has 0 fully saturated rings. The van der Waals surface area contributed by atoms with Crippen LogP contribution in [0.25, 0.3) is 28.2 Å². The Labute approximate surface area is 169 Å². The van der Waals surface area contributed by atoms with Crippen molar-refractivity contribution in [3.63, 3.8) is 0 Å². The minimum atomic E-state index is -1.42. The number of nitrogens with zero attached hydrogens (tertiary/aromatic N) is 4. The molecule has 0 bridgehead atoms. The van der Waals surface area contributed by atoms with E-state index in [2.05, 4.69) is 9.97 Å². The van der Waals surface area contributed by atoms with Gasteiger partial charge >= 0.3 is 0 Å². The van der Waals surface area contributed by atoms with Gasteiger partial charge in [0.15, 0.2) is 17.3 Å². The fraction of sp³-hybridized carbons (Fsp3) is 0.136. The van der Waals surface area contributed by atoms with Crippen LogP contribution in [0.4, 0.5) is 13.2 Å². The second kappa shape index (κ2) is 6.97. The average Bonchev–Trinajstić information content (AvgIpc) is 3.12. The highest BCUT2D eigenvalue weighted by Gasteiger charge is 2.25. The van der Waals surface area contributed by atoms with Gasteiger partial charge in [-0.25, -0.2) is 18.2 Å². The number of pyridine rings is 2. The average molecular weight is 408 g/mol. The first-order valence-corrected chi connectivity index (χ1v) is 8.95. The summed E-state index contributed by atoms with van der Waals surface area (Å²) in [5.74, 6) is -2.15. The van der Waals surface area contributed by atoms with Gasteiger partial charge in [0, 0.05) is 29.1 Å². The molecule has 0 aliphatic rings. The van der Waals surface area contributed by atoms with E-state index in [4.69, 9.17) is 0 Å². The maximum atomic E-state index is 15.4. The minimum Gasteiger partial charge on any atom is -0.386 e. The van der Waals surface area contributed by atoms with Gasteiger partial charge in [0.05, 0.1) is 29.1 Å². The Balaban J connectivity index is 1.93. The Morgan fingerprint density at radius 1 is 1.03 bits per heavy atom. The van der Waals surface area contributed by atoms with E-state index >= 15 is 4.39 Å². The fourth-order valence-corrected chi connectivity index (χ4v) is 3.33. The largest absolute Gasteiger partial charge is 0.386 e. The molecule has 8 heteroatoms. The van der Waals surface area contributed by atoms with Crippen LogP contribution in [0.1, 0.15) is 25.0 Å². The third kappa shape index (κ3) is 3.09. The third-order valence-corrected chi connectivity index (χ3v) is 4.80. The van der Waals surface area contributed by atoms with E-state index < -0.39 is 23.1 Å². The molecule has 5 nitrogen and oxygen atoms in total. The summed E-state index contributed by atoms with van der Waals surface area (Å²) in [5.41, 5.74) is -1.27. The normalized spacial score (nSPS) is 11.6. The van der Waals surface area contributed by atoms with E-state index in [0.29, 0.717) is 0 Å². The van der Waals surface area contributed by atoms with Gasteiger partial charge in [-0.05, 0) is 44.2 Å². The predicted molar refractivity (Wildman–Crippen MR) is 104 cm³/mol. The highest BCUT2D eigenvalue weighted by atomic mass is 19.1. The van der Waals surface area contributed by atoms with Crippen molar-refractivity contribution in [3.05, 3.63) is 77.5 Å².